The molecule has 5 nitrogen and oxygen atoms in total. The standard InChI is InChI=1S/C22H22N2O3/c1-15(9-16-5-3-2-4-6-16)12-23-13-18-10-19(23)22(25)24(18)17-7-8-20-21(11-17)27-14-26-20/h2-9,11,18-19H,10,12-14H2,1H3/b15-9+/t18-,19-/m0/s1. The zero-order valence-electron chi connectivity index (χ0n) is 15.3. The number of hydrogen-bond donors (Lipinski definition) is 0. The van der Waals surface area contributed by atoms with Crippen molar-refractivity contribution < 1.29 is 14.3 Å². The number of amides is 1. The van der Waals surface area contributed by atoms with E-state index in [0.717, 1.165) is 36.7 Å². The Morgan fingerprint density at radius 2 is 1.96 bits per heavy atom. The molecule has 27 heavy (non-hydrogen) atoms. The van der Waals surface area contributed by atoms with Gasteiger partial charge in [-0.3, -0.25) is 9.69 Å². The summed E-state index contributed by atoms with van der Waals surface area (Å²) in [4.78, 5) is 17.3. The van der Waals surface area contributed by atoms with Crippen LogP contribution in [0.15, 0.2) is 54.1 Å². The first-order chi connectivity index (χ1) is 13.2. The minimum atomic E-state index is -0.0282. The molecule has 3 heterocycles. The highest BCUT2D eigenvalue weighted by atomic mass is 16.7. The maximum atomic E-state index is 13.0. The van der Waals surface area contributed by atoms with Crippen molar-refractivity contribution in [1.29, 1.82) is 0 Å². The molecule has 3 aliphatic heterocycles. The molecular weight excluding hydrogens is 340 g/mol. The summed E-state index contributed by atoms with van der Waals surface area (Å²) in [7, 11) is 0. The normalized spacial score (nSPS) is 24.1. The van der Waals surface area contributed by atoms with Gasteiger partial charge < -0.3 is 14.4 Å². The van der Waals surface area contributed by atoms with Crippen molar-refractivity contribution >= 4 is 17.7 Å². The van der Waals surface area contributed by atoms with Crippen LogP contribution in [-0.4, -0.2) is 42.8 Å². The molecule has 2 saturated heterocycles. The summed E-state index contributed by atoms with van der Waals surface area (Å²) in [6.45, 7) is 4.13. The van der Waals surface area contributed by atoms with Crippen LogP contribution in [0.3, 0.4) is 0 Å². The van der Waals surface area contributed by atoms with Crippen molar-refractivity contribution in [2.24, 2.45) is 0 Å². The van der Waals surface area contributed by atoms with Gasteiger partial charge in [0.05, 0.1) is 12.1 Å². The van der Waals surface area contributed by atoms with E-state index in [1.54, 1.807) is 0 Å². The lowest BCUT2D eigenvalue weighted by Gasteiger charge is -2.34. The number of nitrogens with zero attached hydrogens (tertiary/aromatic N) is 2. The van der Waals surface area contributed by atoms with Gasteiger partial charge in [-0.15, -0.1) is 0 Å². The Morgan fingerprint density at radius 3 is 2.78 bits per heavy atom. The number of likely N-dealkylation sites (tertiary alicyclic amines) is 1. The number of carbonyl (C=O) groups excluding carboxylic acids is 1. The summed E-state index contributed by atoms with van der Waals surface area (Å²) < 4.78 is 10.8. The van der Waals surface area contributed by atoms with Crippen molar-refractivity contribution in [3.8, 4) is 11.5 Å². The van der Waals surface area contributed by atoms with Crippen LogP contribution < -0.4 is 14.4 Å². The molecule has 1 amide bonds. The Labute approximate surface area is 158 Å². The van der Waals surface area contributed by atoms with Crippen molar-refractivity contribution in [1.82, 2.24) is 4.90 Å². The highest BCUT2D eigenvalue weighted by molar-refractivity contribution is 6.01. The van der Waals surface area contributed by atoms with E-state index in [0.29, 0.717) is 0 Å². The lowest BCUT2D eigenvalue weighted by molar-refractivity contribution is -0.122. The van der Waals surface area contributed by atoms with Gasteiger partial charge in [0.25, 0.3) is 0 Å². The van der Waals surface area contributed by atoms with Crippen molar-refractivity contribution in [2.45, 2.75) is 25.4 Å². The SMILES string of the molecule is C/C(=C\c1ccccc1)CN1C[C@@H]2C[C@H]1C(=O)N2c1ccc2c(c1)OCO2. The van der Waals surface area contributed by atoms with Crippen LogP contribution in [0.1, 0.15) is 18.9 Å². The molecule has 0 aromatic heterocycles. The van der Waals surface area contributed by atoms with E-state index in [1.807, 2.05) is 41.3 Å². The predicted molar refractivity (Wildman–Crippen MR) is 104 cm³/mol. The van der Waals surface area contributed by atoms with Crippen LogP contribution in [0.5, 0.6) is 11.5 Å². The second kappa shape index (κ2) is 6.43. The lowest BCUT2D eigenvalue weighted by Crippen LogP contribution is -2.50. The number of anilines is 1. The van der Waals surface area contributed by atoms with E-state index in [4.69, 9.17) is 9.47 Å². The molecule has 0 unspecified atom stereocenters. The zero-order chi connectivity index (χ0) is 18.4. The second-order valence-corrected chi connectivity index (χ2v) is 7.48. The van der Waals surface area contributed by atoms with Gasteiger partial charge in [-0.25, -0.2) is 0 Å². The Morgan fingerprint density at radius 1 is 1.15 bits per heavy atom. The van der Waals surface area contributed by atoms with Crippen LogP contribution in [0.2, 0.25) is 0 Å². The summed E-state index contributed by atoms with van der Waals surface area (Å²) in [6, 6.07) is 16.3. The fourth-order valence-corrected chi connectivity index (χ4v) is 4.41. The third-order valence-electron chi connectivity index (χ3n) is 5.57. The van der Waals surface area contributed by atoms with Crippen LogP contribution in [-0.2, 0) is 4.79 Å². The third-order valence-corrected chi connectivity index (χ3v) is 5.57. The molecule has 0 spiro atoms. The minimum Gasteiger partial charge on any atom is -0.454 e. The fraction of sp³-hybridized carbons (Fsp3) is 0.318. The van der Waals surface area contributed by atoms with Gasteiger partial charge in [0.1, 0.15) is 0 Å². The Kier molecular flexibility index (Phi) is 3.90. The second-order valence-electron chi connectivity index (χ2n) is 7.48. The zero-order valence-corrected chi connectivity index (χ0v) is 15.3. The van der Waals surface area contributed by atoms with Gasteiger partial charge in [0, 0.05) is 24.8 Å². The van der Waals surface area contributed by atoms with Crippen LogP contribution in [0.25, 0.3) is 6.08 Å². The first-order valence-electron chi connectivity index (χ1n) is 9.38. The Bertz CT molecular complexity index is 909. The van der Waals surface area contributed by atoms with E-state index in [1.165, 1.54) is 11.1 Å². The van der Waals surface area contributed by atoms with Gasteiger partial charge >= 0.3 is 0 Å². The fourth-order valence-electron chi connectivity index (χ4n) is 4.41. The number of benzene rings is 2. The number of carbonyl (C=O) groups is 1. The predicted octanol–water partition coefficient (Wildman–Crippen LogP) is 3.31. The van der Waals surface area contributed by atoms with Crippen LogP contribution >= 0.6 is 0 Å². The molecular formula is C22H22N2O3. The monoisotopic (exact) mass is 362 g/mol. The smallest absolute Gasteiger partial charge is 0.244 e. The topological polar surface area (TPSA) is 42.0 Å². The van der Waals surface area contributed by atoms with E-state index < -0.39 is 0 Å². The van der Waals surface area contributed by atoms with Gasteiger partial charge in [-0.05, 0) is 31.0 Å². The summed E-state index contributed by atoms with van der Waals surface area (Å²) in [6.07, 6.45) is 3.10. The van der Waals surface area contributed by atoms with Crippen molar-refractivity contribution in [3.05, 3.63) is 59.7 Å². The Balaban J connectivity index is 1.30. The molecule has 138 valence electrons. The van der Waals surface area contributed by atoms with E-state index >= 15 is 0 Å². The molecule has 2 atom stereocenters. The number of ether oxygens (including phenoxy) is 2. The lowest BCUT2D eigenvalue weighted by atomic mass is 10.1. The molecule has 3 aliphatic rings. The molecule has 0 aliphatic carbocycles. The number of fused-ring (bicyclic) bond motifs is 3. The molecule has 2 bridgehead atoms. The van der Waals surface area contributed by atoms with Gasteiger partial charge in [0.2, 0.25) is 12.7 Å². The maximum absolute atomic E-state index is 13.0. The quantitative estimate of drug-likeness (QED) is 0.837. The summed E-state index contributed by atoms with van der Waals surface area (Å²) >= 11 is 0. The minimum absolute atomic E-state index is 0.0282. The van der Waals surface area contributed by atoms with E-state index in [9.17, 15) is 4.79 Å². The Hall–Kier alpha value is -2.79. The molecule has 0 radical (unpaired) electrons. The summed E-state index contributed by atoms with van der Waals surface area (Å²) in [5, 5.41) is 0. The molecule has 0 saturated carbocycles. The van der Waals surface area contributed by atoms with Crippen molar-refractivity contribution in [2.75, 3.05) is 24.8 Å². The molecule has 2 aromatic rings. The molecule has 5 rings (SSSR count). The number of rotatable bonds is 4. The molecule has 2 fully saturated rings. The maximum Gasteiger partial charge on any atom is 0.244 e. The average molecular weight is 362 g/mol. The van der Waals surface area contributed by atoms with Gasteiger partial charge in [-0.2, -0.15) is 0 Å². The van der Waals surface area contributed by atoms with Crippen LogP contribution in [0, 0.1) is 0 Å². The van der Waals surface area contributed by atoms with E-state index in [-0.39, 0.29) is 24.8 Å². The van der Waals surface area contributed by atoms with Gasteiger partial charge in [-0.1, -0.05) is 42.0 Å². The van der Waals surface area contributed by atoms with Crippen LogP contribution in [0.4, 0.5) is 5.69 Å². The van der Waals surface area contributed by atoms with E-state index in [2.05, 4.69) is 30.0 Å². The number of piperazine rings is 1. The third kappa shape index (κ3) is 2.88. The molecule has 5 heteroatoms. The highest BCUT2D eigenvalue weighted by Gasteiger charge is 2.50. The number of hydrogen-bond acceptors (Lipinski definition) is 4. The average Bonchev–Trinajstić information content (AvgIpc) is 3.36. The highest BCUT2D eigenvalue weighted by Crippen LogP contribution is 2.40. The first kappa shape index (κ1) is 16.4. The first-order valence-corrected chi connectivity index (χ1v) is 9.38. The molecule has 2 aromatic carbocycles. The largest absolute Gasteiger partial charge is 0.454 e. The van der Waals surface area contributed by atoms with Gasteiger partial charge in [0.15, 0.2) is 11.5 Å². The summed E-state index contributed by atoms with van der Waals surface area (Å²) in [5.41, 5.74) is 3.39. The van der Waals surface area contributed by atoms with Crippen molar-refractivity contribution in [3.63, 3.8) is 0 Å². The molecule has 0 N–H and O–H groups in total. The summed E-state index contributed by atoms with van der Waals surface area (Å²) in [5.74, 6) is 1.66.